The first kappa shape index (κ1) is 11.3. The highest BCUT2D eigenvalue weighted by atomic mass is 16.4. The smallest absolute Gasteiger partial charge is 0.303 e. The molecule has 0 spiro atoms. The van der Waals surface area contributed by atoms with Crippen molar-refractivity contribution in [3.8, 4) is 5.75 Å². The summed E-state index contributed by atoms with van der Waals surface area (Å²) in [5.74, 6) is -0.766. The monoisotopic (exact) mass is 232 g/mol. The number of rotatable bonds is 4. The summed E-state index contributed by atoms with van der Waals surface area (Å²) in [6, 6.07) is 3.58. The summed E-state index contributed by atoms with van der Waals surface area (Å²) < 4.78 is 0. The van der Waals surface area contributed by atoms with Gasteiger partial charge in [0.25, 0.3) is 0 Å². The van der Waals surface area contributed by atoms with Gasteiger partial charge in [-0.2, -0.15) is 0 Å². The van der Waals surface area contributed by atoms with Crippen LogP contribution in [0.15, 0.2) is 24.5 Å². The number of pyridine rings is 2. The molecule has 0 atom stereocenters. The quantitative estimate of drug-likeness (QED) is 0.838. The Labute approximate surface area is 97.8 Å². The third kappa shape index (κ3) is 2.50. The van der Waals surface area contributed by atoms with Crippen molar-refractivity contribution in [2.75, 3.05) is 0 Å². The van der Waals surface area contributed by atoms with Gasteiger partial charge in [-0.25, -0.2) is 0 Å². The minimum Gasteiger partial charge on any atom is -0.506 e. The topological polar surface area (TPSA) is 83.3 Å². The van der Waals surface area contributed by atoms with Gasteiger partial charge in [-0.05, 0) is 25.0 Å². The molecule has 5 nitrogen and oxygen atoms in total. The van der Waals surface area contributed by atoms with Crippen molar-refractivity contribution in [2.45, 2.75) is 19.3 Å². The van der Waals surface area contributed by atoms with Gasteiger partial charge < -0.3 is 10.2 Å². The van der Waals surface area contributed by atoms with Gasteiger partial charge >= 0.3 is 5.97 Å². The largest absolute Gasteiger partial charge is 0.506 e. The SMILES string of the molecule is O=C(O)CCCc1c(O)cnc2cccnc12. The third-order valence-corrected chi connectivity index (χ3v) is 2.52. The Bertz CT molecular complexity index is 554. The van der Waals surface area contributed by atoms with Crippen LogP contribution in [-0.2, 0) is 11.2 Å². The molecule has 0 aromatic carbocycles. The number of hydrogen-bond acceptors (Lipinski definition) is 4. The number of aliphatic carboxylic acids is 1. The lowest BCUT2D eigenvalue weighted by atomic mass is 10.1. The van der Waals surface area contributed by atoms with Crippen molar-refractivity contribution in [3.05, 3.63) is 30.1 Å². The van der Waals surface area contributed by atoms with Crippen LogP contribution in [0.5, 0.6) is 5.75 Å². The van der Waals surface area contributed by atoms with Crippen LogP contribution in [-0.4, -0.2) is 26.2 Å². The number of nitrogens with zero attached hydrogens (tertiary/aromatic N) is 2. The maximum atomic E-state index is 10.4. The van der Waals surface area contributed by atoms with E-state index in [9.17, 15) is 9.90 Å². The lowest BCUT2D eigenvalue weighted by Gasteiger charge is -2.06. The summed E-state index contributed by atoms with van der Waals surface area (Å²) >= 11 is 0. The first-order valence-corrected chi connectivity index (χ1v) is 5.32. The second-order valence-electron chi connectivity index (χ2n) is 3.74. The lowest BCUT2D eigenvalue weighted by molar-refractivity contribution is -0.137. The molecule has 2 heterocycles. The molecule has 88 valence electrons. The van der Waals surface area contributed by atoms with Crippen molar-refractivity contribution in [2.24, 2.45) is 0 Å². The van der Waals surface area contributed by atoms with Crippen LogP contribution in [0, 0.1) is 0 Å². The summed E-state index contributed by atoms with van der Waals surface area (Å²) in [6.45, 7) is 0. The zero-order chi connectivity index (χ0) is 12.3. The molecular weight excluding hydrogens is 220 g/mol. The summed E-state index contributed by atoms with van der Waals surface area (Å²) in [5.41, 5.74) is 2.00. The van der Waals surface area contributed by atoms with Crippen LogP contribution < -0.4 is 0 Å². The number of hydrogen-bond donors (Lipinski definition) is 2. The molecule has 2 aromatic heterocycles. The number of aromatic hydroxyl groups is 1. The van der Waals surface area contributed by atoms with Gasteiger partial charge in [0.1, 0.15) is 5.75 Å². The number of fused-ring (bicyclic) bond motifs is 1. The summed E-state index contributed by atoms with van der Waals surface area (Å²) in [5, 5.41) is 18.3. The van der Waals surface area contributed by atoms with E-state index in [-0.39, 0.29) is 12.2 Å². The number of aryl methyl sites for hydroxylation is 1. The van der Waals surface area contributed by atoms with Gasteiger partial charge in [0.2, 0.25) is 0 Å². The number of carbonyl (C=O) groups is 1. The van der Waals surface area contributed by atoms with Gasteiger partial charge in [-0.1, -0.05) is 0 Å². The molecule has 17 heavy (non-hydrogen) atoms. The Morgan fingerprint density at radius 2 is 2.18 bits per heavy atom. The fourth-order valence-electron chi connectivity index (χ4n) is 1.73. The minimum atomic E-state index is -0.837. The molecule has 2 aromatic rings. The average Bonchev–Trinajstić information content (AvgIpc) is 2.32. The highest BCUT2D eigenvalue weighted by molar-refractivity contribution is 5.79. The van der Waals surface area contributed by atoms with Crippen LogP contribution >= 0.6 is 0 Å². The Hall–Kier alpha value is -2.17. The molecule has 0 fully saturated rings. The first-order chi connectivity index (χ1) is 8.18. The number of carboxylic acids is 1. The lowest BCUT2D eigenvalue weighted by Crippen LogP contribution is -1.98. The van der Waals surface area contributed by atoms with Crippen molar-refractivity contribution in [1.82, 2.24) is 9.97 Å². The van der Waals surface area contributed by atoms with Gasteiger partial charge in [0.05, 0.1) is 17.2 Å². The Morgan fingerprint density at radius 1 is 1.35 bits per heavy atom. The van der Waals surface area contributed by atoms with E-state index in [2.05, 4.69) is 9.97 Å². The van der Waals surface area contributed by atoms with Gasteiger partial charge in [-0.15, -0.1) is 0 Å². The predicted octanol–water partition coefficient (Wildman–Crippen LogP) is 1.74. The minimum absolute atomic E-state index is 0.0709. The third-order valence-electron chi connectivity index (χ3n) is 2.52. The van der Waals surface area contributed by atoms with E-state index >= 15 is 0 Å². The zero-order valence-electron chi connectivity index (χ0n) is 9.13. The molecule has 0 radical (unpaired) electrons. The second-order valence-corrected chi connectivity index (χ2v) is 3.74. The summed E-state index contributed by atoms with van der Waals surface area (Å²) in [6.07, 6.45) is 4.03. The fraction of sp³-hybridized carbons (Fsp3) is 0.250. The number of aromatic nitrogens is 2. The summed E-state index contributed by atoms with van der Waals surface area (Å²) in [7, 11) is 0. The highest BCUT2D eigenvalue weighted by Gasteiger charge is 2.09. The van der Waals surface area contributed by atoms with Crippen LogP contribution in [0.2, 0.25) is 0 Å². The first-order valence-electron chi connectivity index (χ1n) is 5.32. The molecule has 0 unspecified atom stereocenters. The molecule has 0 aliphatic heterocycles. The molecule has 0 saturated heterocycles. The highest BCUT2D eigenvalue weighted by Crippen LogP contribution is 2.24. The van der Waals surface area contributed by atoms with Crippen LogP contribution in [0.4, 0.5) is 0 Å². The van der Waals surface area contributed by atoms with E-state index in [0.717, 1.165) is 0 Å². The van der Waals surface area contributed by atoms with E-state index in [0.29, 0.717) is 29.4 Å². The molecule has 0 amide bonds. The Kier molecular flexibility index (Phi) is 3.18. The molecule has 0 bridgehead atoms. The van der Waals surface area contributed by atoms with Crippen molar-refractivity contribution >= 4 is 17.0 Å². The normalized spacial score (nSPS) is 10.6. The van der Waals surface area contributed by atoms with E-state index < -0.39 is 5.97 Å². The molecule has 2 N–H and O–H groups in total. The van der Waals surface area contributed by atoms with E-state index in [1.165, 1.54) is 6.20 Å². The Morgan fingerprint density at radius 3 is 2.94 bits per heavy atom. The Balaban J connectivity index is 2.31. The van der Waals surface area contributed by atoms with E-state index in [1.807, 2.05) is 6.07 Å². The maximum absolute atomic E-state index is 10.4. The van der Waals surface area contributed by atoms with Crippen LogP contribution in [0.25, 0.3) is 11.0 Å². The van der Waals surface area contributed by atoms with Crippen molar-refractivity contribution in [3.63, 3.8) is 0 Å². The molecule has 2 rings (SSSR count). The van der Waals surface area contributed by atoms with Crippen LogP contribution in [0.3, 0.4) is 0 Å². The van der Waals surface area contributed by atoms with Crippen LogP contribution in [0.1, 0.15) is 18.4 Å². The van der Waals surface area contributed by atoms with Gasteiger partial charge in [0, 0.05) is 18.2 Å². The fourth-order valence-corrected chi connectivity index (χ4v) is 1.73. The number of carboxylic acid groups (broad SMARTS) is 1. The average molecular weight is 232 g/mol. The molecule has 0 aliphatic rings. The van der Waals surface area contributed by atoms with Crippen molar-refractivity contribution in [1.29, 1.82) is 0 Å². The molecular formula is C12H12N2O3. The van der Waals surface area contributed by atoms with E-state index in [4.69, 9.17) is 5.11 Å². The van der Waals surface area contributed by atoms with Gasteiger partial charge in [-0.3, -0.25) is 14.8 Å². The molecule has 0 aliphatic carbocycles. The van der Waals surface area contributed by atoms with Crippen molar-refractivity contribution < 1.29 is 15.0 Å². The predicted molar refractivity (Wildman–Crippen MR) is 61.8 cm³/mol. The maximum Gasteiger partial charge on any atom is 0.303 e. The second kappa shape index (κ2) is 4.78. The van der Waals surface area contributed by atoms with Gasteiger partial charge in [0.15, 0.2) is 0 Å². The zero-order valence-corrected chi connectivity index (χ0v) is 9.13. The molecule has 0 saturated carbocycles. The van der Waals surface area contributed by atoms with E-state index in [1.54, 1.807) is 12.3 Å². The standard InChI is InChI=1S/C12H12N2O3/c15-10-7-14-9-4-2-6-13-12(9)8(10)3-1-5-11(16)17/h2,4,6-7,15H,1,3,5H2,(H,16,17). The molecule has 5 heteroatoms. The summed E-state index contributed by atoms with van der Waals surface area (Å²) in [4.78, 5) is 18.7.